The van der Waals surface area contributed by atoms with Crippen LogP contribution < -0.4 is 9.88 Å². The van der Waals surface area contributed by atoms with Crippen molar-refractivity contribution >= 4 is 11.6 Å². The normalized spacial score (nSPS) is 10.5. The largest absolute Gasteiger partial charge is 0.345 e. The van der Waals surface area contributed by atoms with E-state index in [-0.39, 0.29) is 12.3 Å². The number of rotatable bonds is 7. The summed E-state index contributed by atoms with van der Waals surface area (Å²) in [6.45, 7) is 0.973. The van der Waals surface area contributed by atoms with Gasteiger partial charge < -0.3 is 5.32 Å². The molecular weight excluding hydrogens is 358 g/mol. The standard InChI is InChI=1S/C25H21N3O/c29-24(23-13-11-22(12-14-23)21-9-5-2-6-10-21)18-28-16-15-25(27-19-28)26-17-20-7-3-1-4-8-20/h1-16,19H,17-18H2/p+1. The van der Waals surface area contributed by atoms with Crippen LogP contribution in [0.4, 0.5) is 5.82 Å². The van der Waals surface area contributed by atoms with Gasteiger partial charge in [-0.3, -0.25) is 4.79 Å². The molecule has 3 aromatic carbocycles. The highest BCUT2D eigenvalue weighted by molar-refractivity contribution is 5.95. The second-order valence-corrected chi connectivity index (χ2v) is 6.82. The van der Waals surface area contributed by atoms with Gasteiger partial charge in [-0.05, 0) is 21.7 Å². The molecule has 0 unspecified atom stereocenters. The van der Waals surface area contributed by atoms with Gasteiger partial charge >= 0.3 is 0 Å². The summed E-state index contributed by atoms with van der Waals surface area (Å²) >= 11 is 0. The van der Waals surface area contributed by atoms with E-state index < -0.39 is 0 Å². The van der Waals surface area contributed by atoms with E-state index in [0.717, 1.165) is 16.9 Å². The van der Waals surface area contributed by atoms with Gasteiger partial charge in [-0.2, -0.15) is 0 Å². The Morgan fingerprint density at radius 3 is 2.10 bits per heavy atom. The number of carbonyl (C=O) groups is 1. The molecule has 0 saturated carbocycles. The maximum absolute atomic E-state index is 12.6. The molecule has 0 atom stereocenters. The van der Waals surface area contributed by atoms with Crippen molar-refractivity contribution in [3.63, 3.8) is 0 Å². The zero-order valence-electron chi connectivity index (χ0n) is 16.0. The van der Waals surface area contributed by atoms with Gasteiger partial charge in [0.05, 0.1) is 6.20 Å². The third kappa shape index (κ3) is 4.93. The first-order chi connectivity index (χ1) is 14.3. The van der Waals surface area contributed by atoms with E-state index in [2.05, 4.69) is 34.6 Å². The van der Waals surface area contributed by atoms with Gasteiger partial charge in [0.1, 0.15) is 0 Å². The quantitative estimate of drug-likeness (QED) is 0.378. The number of ketones is 1. The minimum absolute atomic E-state index is 0.0569. The van der Waals surface area contributed by atoms with Crippen LogP contribution in [0.5, 0.6) is 0 Å². The van der Waals surface area contributed by atoms with Gasteiger partial charge in [-0.15, -0.1) is 0 Å². The van der Waals surface area contributed by atoms with Gasteiger partial charge in [0.15, 0.2) is 6.54 Å². The summed E-state index contributed by atoms with van der Waals surface area (Å²) in [6.07, 6.45) is 3.56. The van der Waals surface area contributed by atoms with Crippen LogP contribution in [0.1, 0.15) is 15.9 Å². The van der Waals surface area contributed by atoms with Gasteiger partial charge in [0, 0.05) is 18.2 Å². The molecule has 0 bridgehead atoms. The number of hydrogen-bond acceptors (Lipinski definition) is 3. The molecule has 0 spiro atoms. The second kappa shape index (κ2) is 8.93. The van der Waals surface area contributed by atoms with Crippen LogP contribution in [0, 0.1) is 0 Å². The third-order valence-electron chi connectivity index (χ3n) is 4.73. The Balaban J connectivity index is 1.35. The van der Waals surface area contributed by atoms with Gasteiger partial charge in [0.2, 0.25) is 11.6 Å². The molecule has 0 fully saturated rings. The lowest BCUT2D eigenvalue weighted by Gasteiger charge is -2.04. The van der Waals surface area contributed by atoms with Crippen LogP contribution in [0.3, 0.4) is 0 Å². The van der Waals surface area contributed by atoms with E-state index in [1.807, 2.05) is 72.9 Å². The first-order valence-corrected chi connectivity index (χ1v) is 9.59. The molecule has 4 aromatic rings. The fourth-order valence-electron chi connectivity index (χ4n) is 3.11. The number of carbonyl (C=O) groups excluding carboxylic acids is 1. The Morgan fingerprint density at radius 1 is 0.793 bits per heavy atom. The summed E-state index contributed by atoms with van der Waals surface area (Å²) in [5.74, 6) is 0.839. The number of aromatic nitrogens is 2. The lowest BCUT2D eigenvalue weighted by Crippen LogP contribution is -2.37. The van der Waals surface area contributed by atoms with Gasteiger partial charge in [0.25, 0.3) is 6.33 Å². The average Bonchev–Trinajstić information content (AvgIpc) is 2.80. The van der Waals surface area contributed by atoms with E-state index >= 15 is 0 Å². The molecule has 29 heavy (non-hydrogen) atoms. The first-order valence-electron chi connectivity index (χ1n) is 9.59. The van der Waals surface area contributed by atoms with Gasteiger partial charge in [-0.25, -0.2) is 4.57 Å². The molecule has 0 aliphatic heterocycles. The summed E-state index contributed by atoms with van der Waals surface area (Å²) in [4.78, 5) is 17.0. The summed E-state index contributed by atoms with van der Waals surface area (Å²) in [5, 5.41) is 3.29. The smallest absolute Gasteiger partial charge is 0.289 e. The fourth-order valence-corrected chi connectivity index (χ4v) is 3.11. The Labute approximate surface area is 170 Å². The molecule has 142 valence electrons. The monoisotopic (exact) mass is 380 g/mol. The number of benzene rings is 3. The Morgan fingerprint density at radius 2 is 1.45 bits per heavy atom. The molecule has 0 amide bonds. The first kappa shape index (κ1) is 18.6. The SMILES string of the molecule is O=C(C[n+]1ccc(NCc2ccccc2)nc1)c1ccc(-c2ccccc2)cc1. The van der Waals surface area contributed by atoms with Crippen molar-refractivity contribution in [3.8, 4) is 11.1 Å². The zero-order chi connectivity index (χ0) is 19.9. The van der Waals surface area contributed by atoms with Crippen molar-refractivity contribution in [2.75, 3.05) is 5.32 Å². The van der Waals surface area contributed by atoms with Crippen molar-refractivity contribution in [1.82, 2.24) is 4.98 Å². The van der Waals surface area contributed by atoms with E-state index in [1.165, 1.54) is 5.56 Å². The molecule has 4 heteroatoms. The highest BCUT2D eigenvalue weighted by atomic mass is 16.1. The maximum Gasteiger partial charge on any atom is 0.289 e. The minimum Gasteiger partial charge on any atom is -0.345 e. The second-order valence-electron chi connectivity index (χ2n) is 6.82. The topological polar surface area (TPSA) is 45.9 Å². The molecule has 1 N–H and O–H groups in total. The van der Waals surface area contributed by atoms with Crippen molar-refractivity contribution in [2.24, 2.45) is 0 Å². The highest BCUT2D eigenvalue weighted by Gasteiger charge is 2.11. The Hall–Kier alpha value is -3.79. The zero-order valence-corrected chi connectivity index (χ0v) is 16.0. The number of nitrogens with zero attached hydrogens (tertiary/aromatic N) is 2. The summed E-state index contributed by atoms with van der Waals surface area (Å²) in [7, 11) is 0. The highest BCUT2D eigenvalue weighted by Crippen LogP contribution is 2.19. The lowest BCUT2D eigenvalue weighted by molar-refractivity contribution is -0.686. The van der Waals surface area contributed by atoms with Crippen LogP contribution in [-0.4, -0.2) is 10.8 Å². The molecule has 1 aromatic heterocycles. The molecule has 4 nitrogen and oxygen atoms in total. The maximum atomic E-state index is 12.6. The number of anilines is 1. The number of Topliss-reactive ketones (excluding diaryl/α,β-unsaturated/α-hetero) is 1. The van der Waals surface area contributed by atoms with Crippen molar-refractivity contribution in [3.05, 3.63) is 115 Å². The predicted octanol–water partition coefficient (Wildman–Crippen LogP) is 4.53. The van der Waals surface area contributed by atoms with Crippen LogP contribution in [0.25, 0.3) is 11.1 Å². The molecule has 1 heterocycles. The molecule has 0 aliphatic carbocycles. The van der Waals surface area contributed by atoms with Crippen LogP contribution in [0.2, 0.25) is 0 Å². The Bertz CT molecular complexity index is 1060. The molecule has 0 saturated heterocycles. The molecule has 4 rings (SSSR count). The number of hydrogen-bond donors (Lipinski definition) is 1. The summed E-state index contributed by atoms with van der Waals surface area (Å²) in [5.41, 5.74) is 4.14. The van der Waals surface area contributed by atoms with Crippen LogP contribution in [0.15, 0.2) is 104 Å². The predicted molar refractivity (Wildman–Crippen MR) is 114 cm³/mol. The van der Waals surface area contributed by atoms with E-state index in [1.54, 1.807) is 10.9 Å². The van der Waals surface area contributed by atoms with E-state index in [9.17, 15) is 4.79 Å². The molecule has 0 aliphatic rings. The lowest BCUT2D eigenvalue weighted by atomic mass is 10.0. The summed E-state index contributed by atoms with van der Waals surface area (Å²) < 4.78 is 1.79. The van der Waals surface area contributed by atoms with E-state index in [0.29, 0.717) is 12.1 Å². The molecular formula is C25H22N3O+. The van der Waals surface area contributed by atoms with E-state index in [4.69, 9.17) is 0 Å². The van der Waals surface area contributed by atoms with Crippen molar-refractivity contribution < 1.29 is 9.36 Å². The third-order valence-corrected chi connectivity index (χ3v) is 4.73. The van der Waals surface area contributed by atoms with Crippen molar-refractivity contribution in [1.29, 1.82) is 0 Å². The van der Waals surface area contributed by atoms with Crippen LogP contribution in [-0.2, 0) is 13.1 Å². The van der Waals surface area contributed by atoms with Crippen molar-refractivity contribution in [2.45, 2.75) is 13.1 Å². The Kier molecular flexibility index (Phi) is 5.72. The summed E-state index contributed by atoms with van der Waals surface area (Å²) in [6, 6.07) is 29.9. The number of nitrogens with one attached hydrogen (secondary N) is 1. The van der Waals surface area contributed by atoms with Crippen LogP contribution >= 0.6 is 0 Å². The molecule has 0 radical (unpaired) electrons. The average molecular weight is 380 g/mol. The van der Waals surface area contributed by atoms with Gasteiger partial charge in [-0.1, -0.05) is 84.9 Å². The minimum atomic E-state index is 0.0569. The fraction of sp³-hybridized carbons (Fsp3) is 0.0800.